The van der Waals surface area contributed by atoms with Crippen molar-refractivity contribution in [3.63, 3.8) is 0 Å². The molecule has 0 saturated heterocycles. The van der Waals surface area contributed by atoms with Gasteiger partial charge in [0.1, 0.15) is 0 Å². The Hall–Kier alpha value is -1.71. The van der Waals surface area contributed by atoms with Gasteiger partial charge >= 0.3 is 0 Å². The first-order valence-electron chi connectivity index (χ1n) is 9.96. The zero-order chi connectivity index (χ0) is 18.6. The molecule has 3 nitrogen and oxygen atoms in total. The van der Waals surface area contributed by atoms with Gasteiger partial charge in [0.15, 0.2) is 0 Å². The third kappa shape index (κ3) is 4.33. The molecule has 3 N–H and O–H groups in total. The van der Waals surface area contributed by atoms with Crippen molar-refractivity contribution in [3.05, 3.63) is 48.0 Å². The lowest BCUT2D eigenvalue weighted by Crippen LogP contribution is -2.40. The van der Waals surface area contributed by atoms with E-state index in [9.17, 15) is 5.11 Å². The fourth-order valence-corrected chi connectivity index (χ4v) is 4.36. The molecule has 0 spiro atoms. The maximum atomic E-state index is 11.5. The second kappa shape index (κ2) is 8.32. The molecule has 140 valence electrons. The van der Waals surface area contributed by atoms with Crippen LogP contribution in [0.3, 0.4) is 0 Å². The van der Waals surface area contributed by atoms with Crippen molar-refractivity contribution in [1.29, 1.82) is 5.41 Å². The van der Waals surface area contributed by atoms with E-state index in [2.05, 4.69) is 54.7 Å². The summed E-state index contributed by atoms with van der Waals surface area (Å²) >= 11 is 0. The molecule has 2 atom stereocenters. The van der Waals surface area contributed by atoms with Gasteiger partial charge in [0, 0.05) is 24.1 Å². The van der Waals surface area contributed by atoms with Crippen LogP contribution in [0.1, 0.15) is 63.4 Å². The van der Waals surface area contributed by atoms with Gasteiger partial charge in [-0.25, -0.2) is 0 Å². The SMILES string of the molecule is CN[C@H](C)CC(=N)CC(c1ccc2ccccc2c1)C1(O)CCCCC1. The summed E-state index contributed by atoms with van der Waals surface area (Å²) in [4.78, 5) is 0. The van der Waals surface area contributed by atoms with Crippen LogP contribution >= 0.6 is 0 Å². The van der Waals surface area contributed by atoms with E-state index in [-0.39, 0.29) is 5.92 Å². The van der Waals surface area contributed by atoms with Crippen LogP contribution < -0.4 is 5.32 Å². The van der Waals surface area contributed by atoms with Gasteiger partial charge in [0.05, 0.1) is 5.60 Å². The van der Waals surface area contributed by atoms with Gasteiger partial charge in [-0.05, 0) is 49.6 Å². The van der Waals surface area contributed by atoms with Crippen LogP contribution in [-0.2, 0) is 0 Å². The van der Waals surface area contributed by atoms with Gasteiger partial charge < -0.3 is 15.8 Å². The second-order valence-electron chi connectivity index (χ2n) is 8.02. The van der Waals surface area contributed by atoms with E-state index >= 15 is 0 Å². The van der Waals surface area contributed by atoms with Gasteiger partial charge in [-0.2, -0.15) is 0 Å². The molecule has 1 aliphatic carbocycles. The Kier molecular flexibility index (Phi) is 6.10. The quantitative estimate of drug-likeness (QED) is 0.612. The van der Waals surface area contributed by atoms with Crippen molar-refractivity contribution in [3.8, 4) is 0 Å². The third-order valence-corrected chi connectivity index (χ3v) is 6.04. The zero-order valence-electron chi connectivity index (χ0n) is 16.1. The molecule has 0 amide bonds. The first-order valence-corrected chi connectivity index (χ1v) is 9.96. The summed E-state index contributed by atoms with van der Waals surface area (Å²) in [6, 6.07) is 15.2. The van der Waals surface area contributed by atoms with Crippen LogP contribution in [0.5, 0.6) is 0 Å². The number of benzene rings is 2. The first-order chi connectivity index (χ1) is 12.5. The van der Waals surface area contributed by atoms with Gasteiger partial charge in [-0.15, -0.1) is 0 Å². The lowest BCUT2D eigenvalue weighted by Gasteiger charge is -2.40. The second-order valence-corrected chi connectivity index (χ2v) is 8.02. The van der Waals surface area contributed by atoms with E-state index in [1.165, 1.54) is 22.8 Å². The van der Waals surface area contributed by atoms with E-state index in [0.29, 0.717) is 12.5 Å². The average molecular weight is 353 g/mol. The van der Waals surface area contributed by atoms with Gasteiger partial charge in [0.2, 0.25) is 0 Å². The summed E-state index contributed by atoms with van der Waals surface area (Å²) < 4.78 is 0. The minimum atomic E-state index is -0.685. The Morgan fingerprint density at radius 3 is 2.46 bits per heavy atom. The number of fused-ring (bicyclic) bond motifs is 1. The normalized spacial score (nSPS) is 19.2. The number of hydrogen-bond donors (Lipinski definition) is 3. The third-order valence-electron chi connectivity index (χ3n) is 6.04. The maximum Gasteiger partial charge on any atom is 0.0719 e. The highest BCUT2D eigenvalue weighted by Crippen LogP contribution is 2.42. The van der Waals surface area contributed by atoms with Crippen molar-refractivity contribution < 1.29 is 5.11 Å². The molecule has 1 fully saturated rings. The smallest absolute Gasteiger partial charge is 0.0719 e. The Morgan fingerprint density at radius 2 is 1.77 bits per heavy atom. The van der Waals surface area contributed by atoms with Crippen molar-refractivity contribution in [2.24, 2.45) is 0 Å². The number of hydrogen-bond acceptors (Lipinski definition) is 3. The summed E-state index contributed by atoms with van der Waals surface area (Å²) in [6.07, 6.45) is 6.44. The molecule has 1 aliphatic rings. The predicted octanol–water partition coefficient (Wildman–Crippen LogP) is 5.03. The van der Waals surface area contributed by atoms with Crippen molar-refractivity contribution in [2.45, 2.75) is 69.4 Å². The Balaban J connectivity index is 1.91. The van der Waals surface area contributed by atoms with Crippen molar-refractivity contribution >= 4 is 16.5 Å². The van der Waals surface area contributed by atoms with Gasteiger partial charge in [-0.1, -0.05) is 61.7 Å². The lowest BCUT2D eigenvalue weighted by molar-refractivity contribution is -0.0201. The molecule has 0 heterocycles. The summed E-state index contributed by atoms with van der Waals surface area (Å²) in [6.45, 7) is 2.11. The van der Waals surface area contributed by atoms with Crippen LogP contribution in [0, 0.1) is 5.41 Å². The largest absolute Gasteiger partial charge is 0.389 e. The van der Waals surface area contributed by atoms with E-state index in [1.54, 1.807) is 0 Å². The van der Waals surface area contributed by atoms with E-state index < -0.39 is 5.60 Å². The molecular formula is C23H32N2O. The average Bonchev–Trinajstić information content (AvgIpc) is 2.66. The molecule has 2 aromatic carbocycles. The van der Waals surface area contributed by atoms with Gasteiger partial charge in [0.25, 0.3) is 0 Å². The summed E-state index contributed by atoms with van der Waals surface area (Å²) in [5.41, 5.74) is 1.22. The van der Waals surface area contributed by atoms with Crippen molar-refractivity contribution in [2.75, 3.05) is 7.05 Å². The molecule has 3 heteroatoms. The number of nitrogens with one attached hydrogen (secondary N) is 2. The molecule has 0 radical (unpaired) electrons. The molecule has 0 aromatic heterocycles. The van der Waals surface area contributed by atoms with Gasteiger partial charge in [-0.3, -0.25) is 0 Å². The maximum absolute atomic E-state index is 11.5. The molecular weight excluding hydrogens is 320 g/mol. The highest BCUT2D eigenvalue weighted by molar-refractivity contribution is 5.85. The Bertz CT molecular complexity index is 749. The van der Waals surface area contributed by atoms with Crippen LogP contribution in [0.2, 0.25) is 0 Å². The van der Waals surface area contributed by atoms with Crippen LogP contribution in [-0.4, -0.2) is 29.5 Å². The fraction of sp³-hybridized carbons (Fsp3) is 0.522. The molecule has 0 bridgehead atoms. The van der Waals surface area contributed by atoms with E-state index in [4.69, 9.17) is 5.41 Å². The topological polar surface area (TPSA) is 56.1 Å². The van der Waals surface area contributed by atoms with Crippen LogP contribution in [0.25, 0.3) is 10.8 Å². The fourth-order valence-electron chi connectivity index (χ4n) is 4.36. The minimum Gasteiger partial charge on any atom is -0.389 e. The Morgan fingerprint density at radius 1 is 1.08 bits per heavy atom. The monoisotopic (exact) mass is 352 g/mol. The standard InChI is InChI=1S/C23H32N2O/c1-17(25-2)14-21(24)16-22(23(26)12-6-3-7-13-23)20-11-10-18-8-4-5-9-19(18)15-20/h4-5,8-11,15,17,22,24-26H,3,6-7,12-14,16H2,1-2H3/t17-,22?/m1/s1. The Labute approximate surface area is 157 Å². The minimum absolute atomic E-state index is 0.00367. The molecule has 3 rings (SSSR count). The molecule has 1 unspecified atom stereocenters. The molecule has 1 saturated carbocycles. The lowest BCUT2D eigenvalue weighted by atomic mass is 9.70. The summed E-state index contributed by atoms with van der Waals surface area (Å²) in [5.74, 6) is 0.00367. The summed E-state index contributed by atoms with van der Waals surface area (Å²) in [5, 5.41) is 25.7. The highest BCUT2D eigenvalue weighted by atomic mass is 16.3. The molecule has 26 heavy (non-hydrogen) atoms. The van der Waals surface area contributed by atoms with E-state index in [1.807, 2.05) is 7.05 Å². The number of aliphatic hydroxyl groups is 1. The van der Waals surface area contributed by atoms with Crippen LogP contribution in [0.4, 0.5) is 0 Å². The van der Waals surface area contributed by atoms with E-state index in [0.717, 1.165) is 37.8 Å². The molecule has 0 aliphatic heterocycles. The van der Waals surface area contributed by atoms with Crippen LogP contribution in [0.15, 0.2) is 42.5 Å². The zero-order valence-corrected chi connectivity index (χ0v) is 16.1. The first kappa shape index (κ1) is 19.1. The van der Waals surface area contributed by atoms with Crippen molar-refractivity contribution in [1.82, 2.24) is 5.32 Å². The summed E-state index contributed by atoms with van der Waals surface area (Å²) in [7, 11) is 1.94. The molecule has 2 aromatic rings. The number of rotatable bonds is 7. The predicted molar refractivity (Wildman–Crippen MR) is 110 cm³/mol. The highest BCUT2D eigenvalue weighted by Gasteiger charge is 2.39.